The van der Waals surface area contributed by atoms with Gasteiger partial charge in [0.05, 0.1) is 6.42 Å². The van der Waals surface area contributed by atoms with E-state index in [1.165, 1.54) is 6.92 Å². The molecule has 1 unspecified atom stereocenters. The molecule has 0 bridgehead atoms. The molecule has 0 saturated carbocycles. The van der Waals surface area contributed by atoms with Crippen molar-refractivity contribution in [1.29, 1.82) is 0 Å². The van der Waals surface area contributed by atoms with Gasteiger partial charge in [-0.3, -0.25) is 14.4 Å². The lowest BCUT2D eigenvalue weighted by atomic mass is 9.94. The van der Waals surface area contributed by atoms with E-state index < -0.39 is 11.9 Å². The van der Waals surface area contributed by atoms with Crippen LogP contribution < -0.4 is 0 Å². The third-order valence-electron chi connectivity index (χ3n) is 3.56. The highest BCUT2D eigenvalue weighted by Crippen LogP contribution is 2.23. The van der Waals surface area contributed by atoms with Gasteiger partial charge in [0.2, 0.25) is 0 Å². The molecule has 0 aliphatic heterocycles. The van der Waals surface area contributed by atoms with E-state index in [1.807, 2.05) is 42.5 Å². The van der Waals surface area contributed by atoms with Gasteiger partial charge < -0.3 is 5.11 Å². The standard InChI is InChI=1S/C19H18O4S/c1-13(20)24-12-17(11-18(21)22)19(23)16-9-7-15(8-10-16)14-5-3-2-4-6-14/h2-10,17H,11-12H2,1H3,(H,21,22). The van der Waals surface area contributed by atoms with E-state index in [4.69, 9.17) is 5.11 Å². The zero-order valence-corrected chi connectivity index (χ0v) is 14.1. The molecule has 0 saturated heterocycles. The highest BCUT2D eigenvalue weighted by atomic mass is 32.2. The second-order valence-corrected chi connectivity index (χ2v) is 6.60. The average molecular weight is 342 g/mol. The molecule has 1 atom stereocenters. The highest BCUT2D eigenvalue weighted by molar-refractivity contribution is 8.13. The minimum Gasteiger partial charge on any atom is -0.481 e. The Labute approximate surface area is 144 Å². The normalized spacial score (nSPS) is 11.7. The quantitative estimate of drug-likeness (QED) is 0.773. The Bertz CT molecular complexity index is 723. The van der Waals surface area contributed by atoms with Crippen LogP contribution in [0.25, 0.3) is 11.1 Å². The molecular formula is C19H18O4S. The Morgan fingerprint density at radius 3 is 2.08 bits per heavy atom. The molecule has 5 heteroatoms. The SMILES string of the molecule is CC(=O)SCC(CC(=O)O)C(=O)c1ccc(-c2ccccc2)cc1. The molecule has 2 rings (SSSR count). The Morgan fingerprint density at radius 2 is 1.54 bits per heavy atom. The molecule has 124 valence electrons. The van der Waals surface area contributed by atoms with Crippen LogP contribution in [0.2, 0.25) is 0 Å². The summed E-state index contributed by atoms with van der Waals surface area (Å²) in [4.78, 5) is 34.6. The van der Waals surface area contributed by atoms with Gasteiger partial charge in [-0.25, -0.2) is 0 Å². The smallest absolute Gasteiger partial charge is 0.304 e. The molecule has 0 radical (unpaired) electrons. The molecule has 0 aliphatic carbocycles. The lowest BCUT2D eigenvalue weighted by molar-refractivity contribution is -0.137. The molecular weight excluding hydrogens is 324 g/mol. The van der Waals surface area contributed by atoms with Crippen molar-refractivity contribution in [2.75, 3.05) is 5.75 Å². The molecule has 0 fully saturated rings. The number of rotatable bonds is 7. The van der Waals surface area contributed by atoms with Crippen LogP contribution in [-0.2, 0) is 9.59 Å². The van der Waals surface area contributed by atoms with Crippen molar-refractivity contribution < 1.29 is 19.5 Å². The number of carboxylic acids is 1. The molecule has 0 amide bonds. The summed E-state index contributed by atoms with van der Waals surface area (Å²) in [5.41, 5.74) is 2.50. The number of carboxylic acid groups (broad SMARTS) is 1. The molecule has 2 aromatic carbocycles. The first-order chi connectivity index (χ1) is 11.5. The van der Waals surface area contributed by atoms with Crippen LogP contribution in [0.3, 0.4) is 0 Å². The third kappa shape index (κ3) is 5.06. The number of aliphatic carboxylic acids is 1. The third-order valence-corrected chi connectivity index (χ3v) is 4.53. The van der Waals surface area contributed by atoms with Crippen molar-refractivity contribution in [2.45, 2.75) is 13.3 Å². The summed E-state index contributed by atoms with van der Waals surface area (Å²) in [6, 6.07) is 16.9. The fourth-order valence-electron chi connectivity index (χ4n) is 2.35. The monoisotopic (exact) mass is 342 g/mol. The summed E-state index contributed by atoms with van der Waals surface area (Å²) in [6.07, 6.45) is -0.278. The predicted molar refractivity (Wildman–Crippen MR) is 95.1 cm³/mol. The summed E-state index contributed by atoms with van der Waals surface area (Å²) >= 11 is 0.981. The van der Waals surface area contributed by atoms with Crippen molar-refractivity contribution in [2.24, 2.45) is 5.92 Å². The fraction of sp³-hybridized carbons (Fsp3) is 0.211. The summed E-state index contributed by atoms with van der Waals surface area (Å²) in [5.74, 6) is -1.82. The number of hydrogen-bond donors (Lipinski definition) is 1. The average Bonchev–Trinajstić information content (AvgIpc) is 2.58. The maximum Gasteiger partial charge on any atom is 0.304 e. The molecule has 0 aromatic heterocycles. The number of hydrogen-bond acceptors (Lipinski definition) is 4. The fourth-order valence-corrected chi connectivity index (χ4v) is 3.05. The van der Waals surface area contributed by atoms with Crippen LogP contribution in [0.5, 0.6) is 0 Å². The second-order valence-electron chi connectivity index (χ2n) is 5.40. The minimum atomic E-state index is -1.04. The van der Waals surface area contributed by atoms with Crippen molar-refractivity contribution in [3.8, 4) is 11.1 Å². The van der Waals surface area contributed by atoms with Gasteiger partial charge in [0.25, 0.3) is 0 Å². The Kier molecular flexibility index (Phi) is 6.32. The summed E-state index contributed by atoms with van der Waals surface area (Å²) in [7, 11) is 0. The number of benzene rings is 2. The van der Waals surface area contributed by atoms with Gasteiger partial charge in [0.1, 0.15) is 0 Å². The van der Waals surface area contributed by atoms with Gasteiger partial charge in [0, 0.05) is 24.2 Å². The lowest BCUT2D eigenvalue weighted by Gasteiger charge is -2.13. The van der Waals surface area contributed by atoms with Gasteiger partial charge in [-0.1, -0.05) is 66.4 Å². The van der Waals surface area contributed by atoms with Crippen LogP contribution in [0.1, 0.15) is 23.7 Å². The van der Waals surface area contributed by atoms with E-state index in [1.54, 1.807) is 12.1 Å². The number of carbonyl (C=O) groups is 3. The molecule has 0 spiro atoms. The topological polar surface area (TPSA) is 71.4 Å². The molecule has 1 N–H and O–H groups in total. The molecule has 2 aromatic rings. The number of Topliss-reactive ketones (excluding diaryl/α,β-unsaturated/α-hetero) is 1. The molecule has 0 aliphatic rings. The number of carbonyl (C=O) groups excluding carboxylic acids is 2. The highest BCUT2D eigenvalue weighted by Gasteiger charge is 2.23. The first kappa shape index (κ1) is 17.9. The second kappa shape index (κ2) is 8.45. The largest absolute Gasteiger partial charge is 0.481 e. The van der Waals surface area contributed by atoms with Crippen molar-refractivity contribution in [3.05, 3.63) is 60.2 Å². The van der Waals surface area contributed by atoms with Crippen LogP contribution in [-0.4, -0.2) is 27.7 Å². The van der Waals surface area contributed by atoms with Crippen molar-refractivity contribution in [1.82, 2.24) is 0 Å². The summed E-state index contributed by atoms with van der Waals surface area (Å²) in [6.45, 7) is 1.40. The van der Waals surface area contributed by atoms with Crippen LogP contribution in [0.4, 0.5) is 0 Å². The molecule has 0 heterocycles. The van der Waals surface area contributed by atoms with Crippen LogP contribution in [0, 0.1) is 5.92 Å². The number of ketones is 1. The van der Waals surface area contributed by atoms with E-state index in [0.29, 0.717) is 5.56 Å². The van der Waals surface area contributed by atoms with E-state index >= 15 is 0 Å². The lowest BCUT2D eigenvalue weighted by Crippen LogP contribution is -2.21. The van der Waals surface area contributed by atoms with E-state index in [2.05, 4.69) is 0 Å². The van der Waals surface area contributed by atoms with Gasteiger partial charge >= 0.3 is 5.97 Å². The Morgan fingerprint density at radius 1 is 0.958 bits per heavy atom. The summed E-state index contributed by atoms with van der Waals surface area (Å²) in [5, 5.41) is 8.86. The maximum absolute atomic E-state index is 12.6. The van der Waals surface area contributed by atoms with E-state index in [9.17, 15) is 14.4 Å². The number of thioether (sulfide) groups is 1. The van der Waals surface area contributed by atoms with Gasteiger partial charge in [-0.05, 0) is 11.1 Å². The minimum absolute atomic E-state index is 0.127. The van der Waals surface area contributed by atoms with Gasteiger partial charge in [-0.2, -0.15) is 0 Å². The maximum atomic E-state index is 12.6. The van der Waals surface area contributed by atoms with Crippen molar-refractivity contribution in [3.63, 3.8) is 0 Å². The predicted octanol–water partition coefficient (Wildman–Crippen LogP) is 3.91. The zero-order valence-electron chi connectivity index (χ0n) is 13.3. The van der Waals surface area contributed by atoms with Crippen LogP contribution in [0.15, 0.2) is 54.6 Å². The van der Waals surface area contributed by atoms with E-state index in [-0.39, 0.29) is 23.1 Å². The zero-order chi connectivity index (χ0) is 17.5. The van der Waals surface area contributed by atoms with E-state index in [0.717, 1.165) is 22.9 Å². The van der Waals surface area contributed by atoms with Gasteiger partial charge in [0.15, 0.2) is 10.9 Å². The summed E-state index contributed by atoms with van der Waals surface area (Å²) < 4.78 is 0. The first-order valence-corrected chi connectivity index (χ1v) is 8.51. The van der Waals surface area contributed by atoms with Crippen LogP contribution >= 0.6 is 11.8 Å². The Hall–Kier alpha value is -2.40. The van der Waals surface area contributed by atoms with Gasteiger partial charge in [-0.15, -0.1) is 0 Å². The Balaban J connectivity index is 2.16. The first-order valence-electron chi connectivity index (χ1n) is 7.52. The molecule has 24 heavy (non-hydrogen) atoms. The molecule has 4 nitrogen and oxygen atoms in total. The van der Waals surface area contributed by atoms with Crippen molar-refractivity contribution >= 4 is 28.6 Å².